The molecule has 0 unspecified atom stereocenters. The maximum atomic E-state index is 12.1. The molecule has 0 aliphatic rings. The molecule has 0 aromatic heterocycles. The highest BCUT2D eigenvalue weighted by molar-refractivity contribution is 8.55. The van der Waals surface area contributed by atoms with Gasteiger partial charge in [-0.05, 0) is 30.8 Å². The Morgan fingerprint density at radius 3 is 2.33 bits per heavy atom. The zero-order valence-electron chi connectivity index (χ0n) is 10.7. The van der Waals surface area contributed by atoms with Crippen molar-refractivity contribution >= 4 is 24.3 Å². The second-order valence-electron chi connectivity index (χ2n) is 3.39. The monoisotopic (exact) mass is 286 g/mol. The van der Waals surface area contributed by atoms with Gasteiger partial charge in [-0.1, -0.05) is 42.5 Å². The van der Waals surface area contributed by atoms with Crippen molar-refractivity contribution in [2.45, 2.75) is 13.8 Å². The van der Waals surface area contributed by atoms with Gasteiger partial charge < -0.3 is 9.05 Å². The minimum Gasteiger partial charge on any atom is -0.301 e. The van der Waals surface area contributed by atoms with E-state index in [0.29, 0.717) is 19.0 Å². The Labute approximate surface area is 113 Å². The number of hydrogen-bond donors (Lipinski definition) is 0. The van der Waals surface area contributed by atoms with Crippen LogP contribution in [0.15, 0.2) is 36.4 Å². The van der Waals surface area contributed by atoms with Crippen molar-refractivity contribution in [3.8, 4) is 0 Å². The van der Waals surface area contributed by atoms with Gasteiger partial charge in [-0.2, -0.15) is 0 Å². The van der Waals surface area contributed by atoms with E-state index in [1.54, 1.807) is 0 Å². The van der Waals surface area contributed by atoms with Gasteiger partial charge in [-0.15, -0.1) is 0 Å². The van der Waals surface area contributed by atoms with Crippen molar-refractivity contribution in [1.29, 1.82) is 0 Å². The highest BCUT2D eigenvalue weighted by Gasteiger charge is 2.23. The van der Waals surface area contributed by atoms with Gasteiger partial charge in [-0.3, -0.25) is 0 Å². The second-order valence-corrected chi connectivity index (χ2v) is 7.51. The first kappa shape index (κ1) is 15.5. The summed E-state index contributed by atoms with van der Waals surface area (Å²) in [5, 5.41) is 0. The summed E-state index contributed by atoms with van der Waals surface area (Å²) in [6, 6.07) is 9.98. The summed E-state index contributed by atoms with van der Waals surface area (Å²) in [4.78, 5) is 0. The molecule has 0 bridgehead atoms. The first-order chi connectivity index (χ1) is 8.70. The molecule has 0 amide bonds. The fraction of sp³-hybridized carbons (Fsp3) is 0.385. The fourth-order valence-electron chi connectivity index (χ4n) is 1.31. The molecule has 0 heterocycles. The Hall–Kier alpha value is -0.540. The van der Waals surface area contributed by atoms with Crippen LogP contribution in [0.4, 0.5) is 0 Å². The molecule has 5 heteroatoms. The molecule has 0 aliphatic carbocycles. The third-order valence-corrected chi connectivity index (χ3v) is 5.85. The predicted octanol–water partition coefficient (Wildman–Crippen LogP) is 4.61. The van der Waals surface area contributed by atoms with Crippen molar-refractivity contribution < 1.29 is 13.6 Å². The van der Waals surface area contributed by atoms with Crippen LogP contribution < -0.4 is 0 Å². The molecule has 0 fully saturated rings. The number of hydrogen-bond acceptors (Lipinski definition) is 4. The molecule has 18 heavy (non-hydrogen) atoms. The number of rotatable bonds is 8. The predicted molar refractivity (Wildman–Crippen MR) is 78.8 cm³/mol. The molecule has 0 atom stereocenters. The van der Waals surface area contributed by atoms with E-state index in [1.807, 2.05) is 56.3 Å². The molecule has 1 aromatic rings. The molecular weight excluding hydrogens is 267 g/mol. The summed E-state index contributed by atoms with van der Waals surface area (Å²) < 4.78 is 22.5. The zero-order valence-corrected chi connectivity index (χ0v) is 12.5. The standard InChI is InChI=1S/C13H19O3PS/c1-3-15-17(14,16-4-2)18-12-8-11-13-9-6-5-7-10-13/h5-11H,3-4,12H2,1-2H3/b11-8+. The molecule has 1 aromatic carbocycles. The Bertz CT molecular complexity index is 396. The maximum Gasteiger partial charge on any atom is 0.389 e. The van der Waals surface area contributed by atoms with Crippen LogP contribution in [-0.2, 0) is 13.6 Å². The van der Waals surface area contributed by atoms with Crippen LogP contribution >= 0.6 is 18.2 Å². The van der Waals surface area contributed by atoms with E-state index in [2.05, 4.69) is 0 Å². The Balaban J connectivity index is 2.44. The fourth-order valence-corrected chi connectivity index (χ4v) is 4.42. The summed E-state index contributed by atoms with van der Waals surface area (Å²) in [5.74, 6) is 0.603. The van der Waals surface area contributed by atoms with Gasteiger partial charge in [0.1, 0.15) is 0 Å². The first-order valence-electron chi connectivity index (χ1n) is 5.95. The summed E-state index contributed by atoms with van der Waals surface area (Å²) in [6.07, 6.45) is 3.96. The average molecular weight is 286 g/mol. The van der Waals surface area contributed by atoms with E-state index in [9.17, 15) is 4.57 Å². The smallest absolute Gasteiger partial charge is 0.301 e. The van der Waals surface area contributed by atoms with E-state index < -0.39 is 6.80 Å². The summed E-state index contributed by atoms with van der Waals surface area (Å²) in [7, 11) is 0. The summed E-state index contributed by atoms with van der Waals surface area (Å²) >= 11 is 1.22. The Morgan fingerprint density at radius 2 is 1.78 bits per heavy atom. The van der Waals surface area contributed by atoms with Crippen LogP contribution in [0, 0.1) is 0 Å². The molecule has 3 nitrogen and oxygen atoms in total. The van der Waals surface area contributed by atoms with E-state index in [-0.39, 0.29) is 0 Å². The van der Waals surface area contributed by atoms with Gasteiger partial charge in [0, 0.05) is 5.75 Å². The Kier molecular flexibility index (Phi) is 7.36. The van der Waals surface area contributed by atoms with Crippen molar-refractivity contribution in [3.05, 3.63) is 42.0 Å². The molecule has 100 valence electrons. The van der Waals surface area contributed by atoms with E-state index in [0.717, 1.165) is 5.56 Å². The first-order valence-corrected chi connectivity index (χ1v) is 9.08. The van der Waals surface area contributed by atoms with Crippen LogP contribution in [0.25, 0.3) is 6.08 Å². The summed E-state index contributed by atoms with van der Waals surface area (Å²) in [6.45, 7) is 1.44. The lowest BCUT2D eigenvalue weighted by atomic mass is 10.2. The van der Waals surface area contributed by atoms with Crippen molar-refractivity contribution in [3.63, 3.8) is 0 Å². The zero-order chi connectivity index (χ0) is 13.3. The molecule has 0 saturated carbocycles. The lowest BCUT2D eigenvalue weighted by molar-refractivity contribution is 0.237. The highest BCUT2D eigenvalue weighted by Crippen LogP contribution is 2.60. The van der Waals surface area contributed by atoms with Crippen LogP contribution in [0.5, 0.6) is 0 Å². The SMILES string of the molecule is CCOP(=O)(OCC)SC/C=C/c1ccccc1. The molecule has 1 rings (SSSR count). The van der Waals surface area contributed by atoms with Crippen LogP contribution in [0.2, 0.25) is 0 Å². The van der Waals surface area contributed by atoms with Gasteiger partial charge >= 0.3 is 6.80 Å². The molecule has 0 N–H and O–H groups in total. The highest BCUT2D eigenvalue weighted by atomic mass is 32.7. The lowest BCUT2D eigenvalue weighted by Gasteiger charge is -2.14. The molecule has 0 saturated heterocycles. The van der Waals surface area contributed by atoms with Crippen LogP contribution in [0.1, 0.15) is 19.4 Å². The minimum absolute atomic E-state index is 0.396. The third-order valence-electron chi connectivity index (χ3n) is 2.01. The third kappa shape index (κ3) is 5.87. The van der Waals surface area contributed by atoms with Crippen LogP contribution in [-0.4, -0.2) is 19.0 Å². The Morgan fingerprint density at radius 1 is 1.17 bits per heavy atom. The molecule has 0 aliphatic heterocycles. The van der Waals surface area contributed by atoms with Gasteiger partial charge in [0.05, 0.1) is 13.2 Å². The van der Waals surface area contributed by atoms with Gasteiger partial charge in [0.25, 0.3) is 0 Å². The van der Waals surface area contributed by atoms with Crippen LogP contribution in [0.3, 0.4) is 0 Å². The van der Waals surface area contributed by atoms with Gasteiger partial charge in [0.2, 0.25) is 0 Å². The van der Waals surface area contributed by atoms with E-state index in [1.165, 1.54) is 11.4 Å². The quantitative estimate of drug-likeness (QED) is 0.653. The van der Waals surface area contributed by atoms with Gasteiger partial charge in [-0.25, -0.2) is 4.57 Å². The van der Waals surface area contributed by atoms with Gasteiger partial charge in [0.15, 0.2) is 0 Å². The average Bonchev–Trinajstić information content (AvgIpc) is 2.37. The van der Waals surface area contributed by atoms with Crippen molar-refractivity contribution in [2.24, 2.45) is 0 Å². The van der Waals surface area contributed by atoms with E-state index >= 15 is 0 Å². The van der Waals surface area contributed by atoms with Crippen molar-refractivity contribution in [2.75, 3.05) is 19.0 Å². The summed E-state index contributed by atoms with van der Waals surface area (Å²) in [5.41, 5.74) is 1.13. The topological polar surface area (TPSA) is 35.5 Å². The molecule has 0 spiro atoms. The second kappa shape index (κ2) is 8.54. The van der Waals surface area contributed by atoms with E-state index in [4.69, 9.17) is 9.05 Å². The number of benzene rings is 1. The minimum atomic E-state index is -2.98. The van der Waals surface area contributed by atoms with Crippen molar-refractivity contribution in [1.82, 2.24) is 0 Å². The maximum absolute atomic E-state index is 12.1. The normalized spacial score (nSPS) is 12.1. The molecular formula is C13H19O3PS. The molecule has 0 radical (unpaired) electrons. The largest absolute Gasteiger partial charge is 0.389 e. The lowest BCUT2D eigenvalue weighted by Crippen LogP contribution is -1.92.